The number of hydrogen-bond donors (Lipinski definition) is 1. The lowest BCUT2D eigenvalue weighted by Gasteiger charge is -2.24. The zero-order valence-electron chi connectivity index (χ0n) is 8.92. The summed E-state index contributed by atoms with van der Waals surface area (Å²) in [5.74, 6) is 0.870. The van der Waals surface area contributed by atoms with Crippen LogP contribution in [0.15, 0.2) is 15.9 Å². The average Bonchev–Trinajstić information content (AvgIpc) is 2.66. The van der Waals surface area contributed by atoms with E-state index < -0.39 is 0 Å². The molecule has 1 unspecified atom stereocenters. The summed E-state index contributed by atoms with van der Waals surface area (Å²) < 4.78 is 1.19. The molecule has 1 saturated carbocycles. The van der Waals surface area contributed by atoms with Gasteiger partial charge in [-0.05, 0) is 40.4 Å². The summed E-state index contributed by atoms with van der Waals surface area (Å²) in [7, 11) is 0. The van der Waals surface area contributed by atoms with Gasteiger partial charge in [0, 0.05) is 10.9 Å². The Hall–Kier alpha value is 0.140. The highest BCUT2D eigenvalue weighted by atomic mass is 79.9. The number of hydrogen-bond acceptors (Lipinski definition) is 2. The first-order valence-corrected chi connectivity index (χ1v) is 7.37. The van der Waals surface area contributed by atoms with E-state index in [9.17, 15) is 0 Å². The Balaban J connectivity index is 1.88. The third kappa shape index (κ3) is 3.30. The Morgan fingerprint density at radius 3 is 2.67 bits per heavy atom. The van der Waals surface area contributed by atoms with Crippen molar-refractivity contribution in [1.82, 2.24) is 0 Å². The van der Waals surface area contributed by atoms with Gasteiger partial charge in [-0.3, -0.25) is 0 Å². The molecule has 0 aromatic carbocycles. The first-order chi connectivity index (χ1) is 7.25. The molecule has 1 aromatic rings. The molecule has 1 atom stereocenters. The molecule has 15 heavy (non-hydrogen) atoms. The van der Waals surface area contributed by atoms with E-state index >= 15 is 0 Å². The predicted molar refractivity (Wildman–Crippen MR) is 70.1 cm³/mol. The second-order valence-corrected chi connectivity index (χ2v) is 6.98. The van der Waals surface area contributed by atoms with Crippen molar-refractivity contribution >= 4 is 27.3 Å². The second kappa shape index (κ2) is 5.46. The Bertz CT molecular complexity index is 304. The smallest absolute Gasteiger partial charge is 0.0701 e. The van der Waals surface area contributed by atoms with Crippen molar-refractivity contribution in [1.29, 1.82) is 0 Å². The van der Waals surface area contributed by atoms with E-state index in [-0.39, 0.29) is 6.04 Å². The van der Waals surface area contributed by atoms with Crippen molar-refractivity contribution in [2.24, 2.45) is 11.7 Å². The Morgan fingerprint density at radius 2 is 2.07 bits per heavy atom. The fraction of sp³-hybridized carbons (Fsp3) is 0.667. The van der Waals surface area contributed by atoms with Gasteiger partial charge in [0.2, 0.25) is 0 Å². The standard InChI is InChI=1S/C12H18BrNS/c13-12-7-6-11(15-12)10(14)8-9-4-2-1-3-5-9/h6-7,9-10H,1-5,8,14H2. The minimum atomic E-state index is 0.254. The second-order valence-electron chi connectivity index (χ2n) is 4.49. The lowest BCUT2D eigenvalue weighted by Crippen LogP contribution is -2.16. The summed E-state index contributed by atoms with van der Waals surface area (Å²) >= 11 is 5.26. The highest BCUT2D eigenvalue weighted by molar-refractivity contribution is 9.11. The van der Waals surface area contributed by atoms with Crippen molar-refractivity contribution in [3.63, 3.8) is 0 Å². The lowest BCUT2D eigenvalue weighted by molar-refractivity contribution is 0.320. The van der Waals surface area contributed by atoms with Crippen LogP contribution >= 0.6 is 27.3 Å². The van der Waals surface area contributed by atoms with Crippen LogP contribution in [0.25, 0.3) is 0 Å². The molecule has 0 amide bonds. The van der Waals surface area contributed by atoms with E-state index in [2.05, 4.69) is 28.1 Å². The van der Waals surface area contributed by atoms with E-state index in [1.807, 2.05) is 0 Å². The highest BCUT2D eigenvalue weighted by Crippen LogP contribution is 2.34. The molecule has 1 nitrogen and oxygen atoms in total. The molecule has 0 spiro atoms. The van der Waals surface area contributed by atoms with E-state index in [1.54, 1.807) is 11.3 Å². The zero-order chi connectivity index (χ0) is 10.7. The summed E-state index contributed by atoms with van der Waals surface area (Å²) in [5.41, 5.74) is 6.23. The summed E-state index contributed by atoms with van der Waals surface area (Å²) in [5, 5.41) is 0. The predicted octanol–water partition coefficient (Wildman–Crippen LogP) is 4.48. The van der Waals surface area contributed by atoms with Crippen LogP contribution in [-0.4, -0.2) is 0 Å². The molecule has 0 aliphatic heterocycles. The van der Waals surface area contributed by atoms with E-state index in [4.69, 9.17) is 5.73 Å². The maximum Gasteiger partial charge on any atom is 0.0701 e. The summed E-state index contributed by atoms with van der Waals surface area (Å²) in [6, 6.07) is 4.51. The van der Waals surface area contributed by atoms with Gasteiger partial charge in [-0.2, -0.15) is 0 Å². The van der Waals surface area contributed by atoms with Crippen molar-refractivity contribution in [3.8, 4) is 0 Å². The molecule has 1 aromatic heterocycles. The molecule has 1 fully saturated rings. The third-order valence-corrected chi connectivity index (χ3v) is 5.03. The summed E-state index contributed by atoms with van der Waals surface area (Å²) in [6.45, 7) is 0. The number of rotatable bonds is 3. The van der Waals surface area contributed by atoms with Gasteiger partial charge >= 0.3 is 0 Å². The van der Waals surface area contributed by atoms with Gasteiger partial charge in [-0.1, -0.05) is 32.1 Å². The molecule has 1 heterocycles. The maximum absolute atomic E-state index is 6.23. The van der Waals surface area contributed by atoms with Crippen LogP contribution in [0.3, 0.4) is 0 Å². The Kier molecular flexibility index (Phi) is 4.23. The van der Waals surface area contributed by atoms with Gasteiger partial charge in [-0.15, -0.1) is 11.3 Å². The minimum Gasteiger partial charge on any atom is -0.323 e. The fourth-order valence-corrected chi connectivity index (χ4v) is 3.86. The molecule has 0 radical (unpaired) electrons. The third-order valence-electron chi connectivity index (χ3n) is 3.27. The van der Waals surface area contributed by atoms with E-state index in [0.29, 0.717) is 0 Å². The van der Waals surface area contributed by atoms with Crippen LogP contribution in [0.5, 0.6) is 0 Å². The number of halogens is 1. The van der Waals surface area contributed by atoms with Gasteiger partial charge in [0.1, 0.15) is 0 Å². The van der Waals surface area contributed by atoms with Crippen LogP contribution in [0.4, 0.5) is 0 Å². The van der Waals surface area contributed by atoms with Crippen LogP contribution < -0.4 is 5.73 Å². The van der Waals surface area contributed by atoms with Crippen LogP contribution in [0.1, 0.15) is 49.4 Å². The van der Waals surface area contributed by atoms with Crippen molar-refractivity contribution in [3.05, 3.63) is 20.8 Å². The normalized spacial score (nSPS) is 20.4. The van der Waals surface area contributed by atoms with Gasteiger partial charge < -0.3 is 5.73 Å². The SMILES string of the molecule is NC(CC1CCCCC1)c1ccc(Br)s1. The number of nitrogens with two attached hydrogens (primary N) is 1. The van der Waals surface area contributed by atoms with E-state index in [1.165, 1.54) is 47.2 Å². The summed E-state index contributed by atoms with van der Waals surface area (Å²) in [4.78, 5) is 1.33. The Morgan fingerprint density at radius 1 is 1.33 bits per heavy atom. The summed E-state index contributed by atoms with van der Waals surface area (Å²) in [6.07, 6.45) is 8.20. The van der Waals surface area contributed by atoms with Gasteiger partial charge in [0.05, 0.1) is 3.79 Å². The molecule has 1 aliphatic carbocycles. The molecule has 2 rings (SSSR count). The highest BCUT2D eigenvalue weighted by Gasteiger charge is 2.18. The molecular formula is C12H18BrNS. The Labute approximate surface area is 104 Å². The first-order valence-electron chi connectivity index (χ1n) is 5.76. The first kappa shape index (κ1) is 11.6. The van der Waals surface area contributed by atoms with Crippen molar-refractivity contribution in [2.75, 3.05) is 0 Å². The minimum absolute atomic E-state index is 0.254. The monoisotopic (exact) mass is 287 g/mol. The molecule has 3 heteroatoms. The molecule has 84 valence electrons. The van der Waals surface area contributed by atoms with Crippen LogP contribution in [-0.2, 0) is 0 Å². The van der Waals surface area contributed by atoms with Crippen molar-refractivity contribution < 1.29 is 0 Å². The quantitative estimate of drug-likeness (QED) is 0.871. The topological polar surface area (TPSA) is 26.0 Å². The maximum atomic E-state index is 6.23. The van der Waals surface area contributed by atoms with Gasteiger partial charge in [0.15, 0.2) is 0 Å². The van der Waals surface area contributed by atoms with Crippen molar-refractivity contribution in [2.45, 2.75) is 44.6 Å². The van der Waals surface area contributed by atoms with Gasteiger partial charge in [-0.25, -0.2) is 0 Å². The fourth-order valence-electron chi connectivity index (χ4n) is 2.43. The average molecular weight is 288 g/mol. The van der Waals surface area contributed by atoms with E-state index in [0.717, 1.165) is 5.92 Å². The lowest BCUT2D eigenvalue weighted by atomic mass is 9.85. The van der Waals surface area contributed by atoms with Gasteiger partial charge in [0.25, 0.3) is 0 Å². The molecule has 2 N–H and O–H groups in total. The van der Waals surface area contributed by atoms with Crippen LogP contribution in [0, 0.1) is 5.92 Å². The molecule has 1 aliphatic rings. The van der Waals surface area contributed by atoms with Crippen LogP contribution in [0.2, 0.25) is 0 Å². The molecule has 0 bridgehead atoms. The zero-order valence-corrected chi connectivity index (χ0v) is 11.3. The largest absolute Gasteiger partial charge is 0.323 e. The molecular weight excluding hydrogens is 270 g/mol. The number of thiophene rings is 1. The molecule has 0 saturated heterocycles.